The smallest absolute Gasteiger partial charge is 0.264 e. The minimum absolute atomic E-state index is 0.0930. The van der Waals surface area contributed by atoms with Crippen molar-refractivity contribution in [3.8, 4) is 0 Å². The number of hydrogen-bond donors (Lipinski definition) is 1. The second-order valence-electron chi connectivity index (χ2n) is 7.65. The summed E-state index contributed by atoms with van der Waals surface area (Å²) < 4.78 is 41.4. The molecule has 0 aliphatic rings. The van der Waals surface area contributed by atoms with E-state index >= 15 is 0 Å². The molecule has 34 heavy (non-hydrogen) atoms. The predicted molar refractivity (Wildman–Crippen MR) is 137 cm³/mol. The number of amides is 1. The van der Waals surface area contributed by atoms with Crippen LogP contribution in [-0.4, -0.2) is 33.2 Å². The average molecular weight is 521 g/mol. The number of nitrogens with one attached hydrogen (secondary N) is 1. The van der Waals surface area contributed by atoms with Gasteiger partial charge in [0.1, 0.15) is 12.4 Å². The third-order valence-corrected chi connectivity index (χ3v) is 8.11. The molecule has 0 saturated heterocycles. The maximum atomic E-state index is 13.7. The Bertz CT molecular complexity index is 1220. The van der Waals surface area contributed by atoms with Gasteiger partial charge < -0.3 is 5.32 Å². The summed E-state index contributed by atoms with van der Waals surface area (Å²) in [6, 6.07) is 19.5. The van der Waals surface area contributed by atoms with E-state index in [1.54, 1.807) is 60.3 Å². The lowest BCUT2D eigenvalue weighted by Gasteiger charge is -2.24. The zero-order valence-corrected chi connectivity index (χ0v) is 21.1. The van der Waals surface area contributed by atoms with E-state index in [-0.39, 0.29) is 17.3 Å². The number of nitrogens with zero attached hydrogens (tertiary/aromatic N) is 1. The number of carbonyl (C=O) groups is 1. The molecule has 0 fully saturated rings. The second kappa shape index (κ2) is 12.2. The van der Waals surface area contributed by atoms with Gasteiger partial charge in [-0.3, -0.25) is 9.10 Å². The third kappa shape index (κ3) is 7.22. The number of halogens is 2. The van der Waals surface area contributed by atoms with E-state index in [9.17, 15) is 17.6 Å². The minimum Gasteiger partial charge on any atom is -0.354 e. The summed E-state index contributed by atoms with van der Waals surface area (Å²) in [6.07, 6.45) is 0.673. The van der Waals surface area contributed by atoms with E-state index in [1.807, 2.05) is 6.92 Å². The Morgan fingerprint density at radius 2 is 1.79 bits per heavy atom. The van der Waals surface area contributed by atoms with Crippen LogP contribution in [0.2, 0.25) is 5.02 Å². The van der Waals surface area contributed by atoms with Crippen molar-refractivity contribution in [3.05, 3.63) is 94.8 Å². The molecule has 1 amide bonds. The molecule has 3 aromatic rings. The van der Waals surface area contributed by atoms with Crippen LogP contribution in [0.5, 0.6) is 0 Å². The molecule has 0 unspecified atom stereocenters. The maximum absolute atomic E-state index is 13.7. The van der Waals surface area contributed by atoms with Gasteiger partial charge in [-0.15, -0.1) is 0 Å². The first kappa shape index (κ1) is 26.1. The highest BCUT2D eigenvalue weighted by Gasteiger charge is 2.27. The zero-order chi connectivity index (χ0) is 24.6. The first-order chi connectivity index (χ1) is 16.3. The van der Waals surface area contributed by atoms with Crippen LogP contribution >= 0.6 is 23.4 Å². The second-order valence-corrected chi connectivity index (χ2v) is 11.1. The van der Waals surface area contributed by atoms with Gasteiger partial charge in [0.05, 0.1) is 10.6 Å². The number of anilines is 1. The van der Waals surface area contributed by atoms with Crippen LogP contribution in [0.1, 0.15) is 17.5 Å². The molecule has 1 N–H and O–H groups in total. The van der Waals surface area contributed by atoms with E-state index in [1.165, 1.54) is 24.3 Å². The van der Waals surface area contributed by atoms with Crippen molar-refractivity contribution in [3.63, 3.8) is 0 Å². The van der Waals surface area contributed by atoms with Crippen LogP contribution in [0, 0.1) is 12.7 Å². The van der Waals surface area contributed by atoms with Crippen molar-refractivity contribution in [2.24, 2.45) is 0 Å². The summed E-state index contributed by atoms with van der Waals surface area (Å²) in [4.78, 5) is 12.7. The Balaban J connectivity index is 1.59. The molecular formula is C25H26ClFN2O3S2. The SMILES string of the molecule is Cc1ccc(S(=O)(=O)N(CC(=O)NCCCSCc2ccccc2F)c2cccc(Cl)c2)cc1. The quantitative estimate of drug-likeness (QED) is 0.343. The Morgan fingerprint density at radius 3 is 2.50 bits per heavy atom. The number of hydrogen-bond acceptors (Lipinski definition) is 4. The lowest BCUT2D eigenvalue weighted by molar-refractivity contribution is -0.119. The van der Waals surface area contributed by atoms with Crippen LogP contribution in [0.15, 0.2) is 77.7 Å². The number of rotatable bonds is 11. The molecular weight excluding hydrogens is 495 g/mol. The third-order valence-electron chi connectivity index (χ3n) is 5.00. The van der Waals surface area contributed by atoms with Crippen LogP contribution < -0.4 is 9.62 Å². The van der Waals surface area contributed by atoms with Crippen LogP contribution in [0.4, 0.5) is 10.1 Å². The summed E-state index contributed by atoms with van der Waals surface area (Å²) in [5, 5.41) is 3.14. The van der Waals surface area contributed by atoms with Gasteiger partial charge in [0.2, 0.25) is 5.91 Å². The molecule has 0 atom stereocenters. The molecule has 0 radical (unpaired) electrons. The molecule has 0 aliphatic carbocycles. The highest BCUT2D eigenvalue weighted by molar-refractivity contribution is 7.98. The van der Waals surface area contributed by atoms with E-state index in [2.05, 4.69) is 5.32 Å². The van der Waals surface area contributed by atoms with Crippen molar-refractivity contribution in [1.29, 1.82) is 0 Å². The fourth-order valence-corrected chi connectivity index (χ4v) is 5.71. The van der Waals surface area contributed by atoms with Crippen molar-refractivity contribution in [2.75, 3.05) is 23.1 Å². The molecule has 0 bridgehead atoms. The minimum atomic E-state index is -3.98. The highest BCUT2D eigenvalue weighted by atomic mass is 35.5. The van der Waals surface area contributed by atoms with Gasteiger partial charge in [-0.05, 0) is 61.1 Å². The molecule has 3 aromatic carbocycles. The highest BCUT2D eigenvalue weighted by Crippen LogP contribution is 2.26. The number of thioether (sulfide) groups is 1. The van der Waals surface area contributed by atoms with Crippen molar-refractivity contribution < 1.29 is 17.6 Å². The van der Waals surface area contributed by atoms with E-state index < -0.39 is 15.9 Å². The number of benzene rings is 3. The van der Waals surface area contributed by atoms with E-state index in [4.69, 9.17) is 11.6 Å². The molecule has 0 spiro atoms. The van der Waals surface area contributed by atoms with Crippen LogP contribution in [0.25, 0.3) is 0 Å². The number of sulfonamides is 1. The average Bonchev–Trinajstić information content (AvgIpc) is 2.81. The van der Waals surface area contributed by atoms with Gasteiger partial charge in [-0.1, -0.05) is 53.6 Å². The largest absolute Gasteiger partial charge is 0.354 e. The lowest BCUT2D eigenvalue weighted by Crippen LogP contribution is -2.41. The number of aryl methyl sites for hydroxylation is 1. The zero-order valence-electron chi connectivity index (χ0n) is 18.7. The van der Waals surface area contributed by atoms with Gasteiger partial charge in [0, 0.05) is 17.3 Å². The topological polar surface area (TPSA) is 66.5 Å². The van der Waals surface area contributed by atoms with Gasteiger partial charge in [-0.2, -0.15) is 11.8 Å². The maximum Gasteiger partial charge on any atom is 0.264 e. The first-order valence-electron chi connectivity index (χ1n) is 10.7. The van der Waals surface area contributed by atoms with Crippen molar-refractivity contribution in [2.45, 2.75) is 24.0 Å². The van der Waals surface area contributed by atoms with Gasteiger partial charge >= 0.3 is 0 Å². The fourth-order valence-electron chi connectivity index (χ4n) is 3.17. The standard InChI is InChI=1S/C25H26ClFN2O3S2/c1-19-10-12-23(13-11-19)34(31,32)29(22-8-4-7-21(26)16-22)17-25(30)28-14-5-15-33-18-20-6-2-3-9-24(20)27/h2-4,6-13,16H,5,14-15,17-18H2,1H3,(H,28,30). The summed E-state index contributed by atoms with van der Waals surface area (Å²) in [6.45, 7) is 1.88. The molecule has 9 heteroatoms. The Morgan fingerprint density at radius 1 is 1.06 bits per heavy atom. The van der Waals surface area contributed by atoms with Crippen molar-refractivity contribution in [1.82, 2.24) is 5.32 Å². The normalized spacial score (nSPS) is 11.3. The van der Waals surface area contributed by atoms with Gasteiger partial charge in [0.25, 0.3) is 10.0 Å². The Kier molecular flexibility index (Phi) is 9.38. The Labute approximate surface area is 209 Å². The predicted octanol–water partition coefficient (Wildman–Crippen LogP) is 5.42. The number of carbonyl (C=O) groups excluding carboxylic acids is 1. The molecule has 0 saturated carbocycles. The van der Waals surface area contributed by atoms with E-state index in [0.29, 0.717) is 35.0 Å². The molecule has 0 aromatic heterocycles. The Hall–Kier alpha value is -2.55. The summed E-state index contributed by atoms with van der Waals surface area (Å²) in [5.74, 6) is 0.639. The summed E-state index contributed by atoms with van der Waals surface area (Å²) >= 11 is 7.66. The molecule has 0 aliphatic heterocycles. The molecule has 3 rings (SSSR count). The molecule has 5 nitrogen and oxygen atoms in total. The fraction of sp³-hybridized carbons (Fsp3) is 0.240. The monoisotopic (exact) mass is 520 g/mol. The van der Waals surface area contributed by atoms with Gasteiger partial charge in [0.15, 0.2) is 0 Å². The first-order valence-corrected chi connectivity index (χ1v) is 13.7. The van der Waals surface area contributed by atoms with Crippen molar-refractivity contribution >= 4 is 45.0 Å². The van der Waals surface area contributed by atoms with Crippen LogP contribution in [-0.2, 0) is 20.6 Å². The summed E-state index contributed by atoms with van der Waals surface area (Å²) in [7, 11) is -3.98. The molecule has 180 valence electrons. The van der Waals surface area contributed by atoms with Crippen LogP contribution in [0.3, 0.4) is 0 Å². The van der Waals surface area contributed by atoms with Gasteiger partial charge in [-0.25, -0.2) is 12.8 Å². The summed E-state index contributed by atoms with van der Waals surface area (Å²) in [5.41, 5.74) is 1.89. The molecule has 0 heterocycles. The lowest BCUT2D eigenvalue weighted by atomic mass is 10.2. The van der Waals surface area contributed by atoms with E-state index in [0.717, 1.165) is 15.6 Å².